The summed E-state index contributed by atoms with van der Waals surface area (Å²) in [4.78, 5) is 11.4. The van der Waals surface area contributed by atoms with Crippen molar-refractivity contribution in [1.29, 1.82) is 0 Å². The molecule has 0 aliphatic heterocycles. The Kier molecular flexibility index (Phi) is 3.56. The highest BCUT2D eigenvalue weighted by molar-refractivity contribution is 7.15. The minimum atomic E-state index is 0.827. The molecule has 2 rings (SSSR count). The minimum absolute atomic E-state index is 0.827. The lowest BCUT2D eigenvalue weighted by molar-refractivity contribution is 1.10. The van der Waals surface area contributed by atoms with Gasteiger partial charge in [-0.25, -0.2) is 9.97 Å². The van der Waals surface area contributed by atoms with Crippen molar-refractivity contribution in [2.24, 2.45) is 0 Å². The van der Waals surface area contributed by atoms with Crippen LogP contribution in [0, 0.1) is 13.8 Å². The maximum atomic E-state index is 4.41. The summed E-state index contributed by atoms with van der Waals surface area (Å²) in [5.74, 6) is 0. The summed E-state index contributed by atoms with van der Waals surface area (Å²) in [6.45, 7) is 7.07. The number of hydrogen-bond donors (Lipinski definition) is 1. The maximum absolute atomic E-state index is 4.41. The van der Waals surface area contributed by atoms with Gasteiger partial charge in [-0.15, -0.1) is 22.7 Å². The van der Waals surface area contributed by atoms with Crippen LogP contribution in [0.15, 0.2) is 6.20 Å². The van der Waals surface area contributed by atoms with Gasteiger partial charge in [0.15, 0.2) is 5.13 Å². The monoisotopic (exact) mass is 253 g/mol. The highest BCUT2D eigenvalue weighted by Gasteiger charge is 2.05. The molecule has 0 aliphatic rings. The Hall–Kier alpha value is -0.940. The fourth-order valence-corrected chi connectivity index (χ4v) is 3.07. The van der Waals surface area contributed by atoms with Gasteiger partial charge in [-0.1, -0.05) is 6.92 Å². The molecule has 2 aromatic heterocycles. The lowest BCUT2D eigenvalue weighted by atomic mass is 10.4. The van der Waals surface area contributed by atoms with Crippen LogP contribution in [-0.2, 0) is 13.0 Å². The summed E-state index contributed by atoms with van der Waals surface area (Å²) in [7, 11) is 0. The van der Waals surface area contributed by atoms with Crippen molar-refractivity contribution in [3.05, 3.63) is 26.7 Å². The molecule has 0 saturated carbocycles. The molecule has 0 aromatic carbocycles. The Morgan fingerprint density at radius 3 is 2.69 bits per heavy atom. The van der Waals surface area contributed by atoms with Gasteiger partial charge in [0.25, 0.3) is 0 Å². The molecule has 2 heterocycles. The molecule has 0 unspecified atom stereocenters. The topological polar surface area (TPSA) is 37.8 Å². The number of rotatable bonds is 4. The van der Waals surface area contributed by atoms with E-state index in [1.165, 1.54) is 9.75 Å². The third-order valence-corrected chi connectivity index (χ3v) is 4.47. The van der Waals surface area contributed by atoms with Crippen molar-refractivity contribution in [1.82, 2.24) is 9.97 Å². The van der Waals surface area contributed by atoms with E-state index in [9.17, 15) is 0 Å². The molecular formula is C11H15N3S2. The van der Waals surface area contributed by atoms with Crippen LogP contribution in [0.2, 0.25) is 0 Å². The Bertz CT molecular complexity index is 473. The molecule has 5 heteroatoms. The SMILES string of the molecule is CCc1cnc(NCc2sc(C)nc2C)s1. The van der Waals surface area contributed by atoms with Crippen LogP contribution in [0.25, 0.3) is 0 Å². The smallest absolute Gasteiger partial charge is 0.183 e. The zero-order valence-corrected chi connectivity index (χ0v) is 11.3. The van der Waals surface area contributed by atoms with Gasteiger partial charge in [-0.05, 0) is 20.3 Å². The molecule has 3 nitrogen and oxygen atoms in total. The molecule has 16 heavy (non-hydrogen) atoms. The fourth-order valence-electron chi connectivity index (χ4n) is 1.45. The van der Waals surface area contributed by atoms with E-state index in [-0.39, 0.29) is 0 Å². The second kappa shape index (κ2) is 4.93. The molecule has 0 atom stereocenters. The van der Waals surface area contributed by atoms with Gasteiger partial charge in [-0.2, -0.15) is 0 Å². The average Bonchev–Trinajstić information content (AvgIpc) is 2.82. The first kappa shape index (κ1) is 11.5. The molecule has 0 fully saturated rings. The van der Waals surface area contributed by atoms with Crippen LogP contribution >= 0.6 is 22.7 Å². The van der Waals surface area contributed by atoms with Crippen molar-refractivity contribution in [3.8, 4) is 0 Å². The van der Waals surface area contributed by atoms with E-state index >= 15 is 0 Å². The van der Waals surface area contributed by atoms with Gasteiger partial charge >= 0.3 is 0 Å². The largest absolute Gasteiger partial charge is 0.357 e. The second-order valence-corrected chi connectivity index (χ2v) is 5.98. The second-order valence-electron chi connectivity index (χ2n) is 3.58. The Labute approximate surface area is 104 Å². The van der Waals surface area contributed by atoms with Crippen LogP contribution in [0.1, 0.15) is 27.4 Å². The number of hydrogen-bond acceptors (Lipinski definition) is 5. The predicted octanol–water partition coefficient (Wildman–Crippen LogP) is 3.39. The maximum Gasteiger partial charge on any atom is 0.183 e. The first-order chi connectivity index (χ1) is 7.69. The van der Waals surface area contributed by atoms with Gasteiger partial charge in [-0.3, -0.25) is 0 Å². The third kappa shape index (κ3) is 2.59. The third-order valence-electron chi connectivity index (χ3n) is 2.30. The zero-order chi connectivity index (χ0) is 11.5. The van der Waals surface area contributed by atoms with Crippen LogP contribution in [0.5, 0.6) is 0 Å². The standard InChI is InChI=1S/C11H15N3S2/c1-4-9-5-12-11(16-9)13-6-10-7(2)14-8(3)15-10/h5H,4,6H2,1-3H3,(H,12,13). The molecule has 1 N–H and O–H groups in total. The summed E-state index contributed by atoms with van der Waals surface area (Å²) in [5, 5.41) is 5.48. The zero-order valence-electron chi connectivity index (χ0n) is 9.70. The Morgan fingerprint density at radius 2 is 2.12 bits per heavy atom. The van der Waals surface area contributed by atoms with Crippen LogP contribution in [0.4, 0.5) is 5.13 Å². The number of nitrogens with zero attached hydrogens (tertiary/aromatic N) is 2. The summed E-state index contributed by atoms with van der Waals surface area (Å²) >= 11 is 3.48. The van der Waals surface area contributed by atoms with Crippen molar-refractivity contribution in [3.63, 3.8) is 0 Å². The van der Waals surface area contributed by atoms with E-state index in [1.807, 2.05) is 13.1 Å². The summed E-state index contributed by atoms with van der Waals surface area (Å²) in [6, 6.07) is 0. The van der Waals surface area contributed by atoms with E-state index in [4.69, 9.17) is 0 Å². The van der Waals surface area contributed by atoms with Gasteiger partial charge in [0.1, 0.15) is 0 Å². The van der Waals surface area contributed by atoms with Crippen LogP contribution in [0.3, 0.4) is 0 Å². The highest BCUT2D eigenvalue weighted by Crippen LogP contribution is 2.22. The number of nitrogens with one attached hydrogen (secondary N) is 1. The summed E-state index contributed by atoms with van der Waals surface area (Å²) < 4.78 is 0. The molecule has 0 amide bonds. The number of aryl methyl sites for hydroxylation is 3. The lowest BCUT2D eigenvalue weighted by Gasteiger charge is -1.99. The number of thiazole rings is 2. The van der Waals surface area contributed by atoms with Crippen LogP contribution < -0.4 is 5.32 Å². The van der Waals surface area contributed by atoms with E-state index < -0.39 is 0 Å². The number of aromatic nitrogens is 2. The summed E-state index contributed by atoms with van der Waals surface area (Å²) in [6.07, 6.45) is 3.00. The van der Waals surface area contributed by atoms with E-state index in [1.54, 1.807) is 22.7 Å². The highest BCUT2D eigenvalue weighted by atomic mass is 32.1. The Morgan fingerprint density at radius 1 is 1.31 bits per heavy atom. The predicted molar refractivity (Wildman–Crippen MR) is 70.4 cm³/mol. The molecule has 0 bridgehead atoms. The number of anilines is 1. The van der Waals surface area contributed by atoms with E-state index in [0.717, 1.165) is 28.8 Å². The van der Waals surface area contributed by atoms with Gasteiger partial charge in [0.05, 0.1) is 17.2 Å². The van der Waals surface area contributed by atoms with Crippen molar-refractivity contribution >= 4 is 27.8 Å². The fraction of sp³-hybridized carbons (Fsp3) is 0.455. The summed E-state index contributed by atoms with van der Waals surface area (Å²) in [5.41, 5.74) is 1.13. The molecule has 0 radical (unpaired) electrons. The van der Waals surface area contributed by atoms with Gasteiger partial charge < -0.3 is 5.32 Å². The van der Waals surface area contributed by atoms with E-state index in [2.05, 4.69) is 29.1 Å². The van der Waals surface area contributed by atoms with Gasteiger partial charge in [0, 0.05) is 16.0 Å². The lowest BCUT2D eigenvalue weighted by Crippen LogP contribution is -1.97. The van der Waals surface area contributed by atoms with Gasteiger partial charge in [0.2, 0.25) is 0 Å². The average molecular weight is 253 g/mol. The first-order valence-corrected chi connectivity index (χ1v) is 6.93. The molecule has 0 aliphatic carbocycles. The van der Waals surface area contributed by atoms with Crippen LogP contribution in [-0.4, -0.2) is 9.97 Å². The first-order valence-electron chi connectivity index (χ1n) is 5.30. The molecule has 2 aromatic rings. The molecule has 86 valence electrons. The van der Waals surface area contributed by atoms with Crippen molar-refractivity contribution in [2.75, 3.05) is 5.32 Å². The Balaban J connectivity index is 1.99. The normalized spacial score (nSPS) is 10.7. The van der Waals surface area contributed by atoms with Crippen molar-refractivity contribution < 1.29 is 0 Å². The quantitative estimate of drug-likeness (QED) is 0.907. The minimum Gasteiger partial charge on any atom is -0.357 e. The molecular weight excluding hydrogens is 238 g/mol. The van der Waals surface area contributed by atoms with Crippen molar-refractivity contribution in [2.45, 2.75) is 33.7 Å². The molecule has 0 spiro atoms. The molecule has 0 saturated heterocycles. The van der Waals surface area contributed by atoms with E-state index in [0.29, 0.717) is 0 Å².